The van der Waals surface area contributed by atoms with Gasteiger partial charge in [-0.3, -0.25) is 4.79 Å². The number of thioether (sulfide) groups is 1. The normalized spacial score (nSPS) is 20.6. The van der Waals surface area contributed by atoms with Crippen molar-refractivity contribution in [3.8, 4) is 0 Å². The van der Waals surface area contributed by atoms with Gasteiger partial charge in [-0.05, 0) is 17.7 Å². The molecule has 3 N–H and O–H groups in total. The Labute approximate surface area is 69.7 Å². The van der Waals surface area contributed by atoms with Gasteiger partial charge < -0.3 is 10.8 Å². The highest BCUT2D eigenvalue weighted by Crippen LogP contribution is 2.18. The Kier molecular flexibility index (Phi) is 2.96. The van der Waals surface area contributed by atoms with Crippen LogP contribution in [-0.4, -0.2) is 28.6 Å². The number of aliphatic carboxylic acids is 1. The zero-order valence-corrected chi connectivity index (χ0v) is 6.93. The van der Waals surface area contributed by atoms with Crippen molar-refractivity contribution in [2.75, 3.05) is 11.5 Å². The summed E-state index contributed by atoms with van der Waals surface area (Å²) >= 11 is 1.80. The first-order chi connectivity index (χ1) is 5.22. The monoisotopic (exact) mass is 173 g/mol. The maximum absolute atomic E-state index is 10.4. The number of carboxylic acid groups (broad SMARTS) is 1. The first kappa shape index (κ1) is 8.62. The Morgan fingerprint density at radius 2 is 2.55 bits per heavy atom. The lowest BCUT2D eigenvalue weighted by Crippen LogP contribution is -2.33. The highest BCUT2D eigenvalue weighted by Gasteiger charge is 2.17. The Bertz CT molecular complexity index is 191. The van der Waals surface area contributed by atoms with Gasteiger partial charge in [0.15, 0.2) is 0 Å². The van der Waals surface area contributed by atoms with Gasteiger partial charge >= 0.3 is 5.97 Å². The van der Waals surface area contributed by atoms with Crippen LogP contribution in [0.4, 0.5) is 0 Å². The van der Waals surface area contributed by atoms with Crippen LogP contribution >= 0.6 is 11.8 Å². The van der Waals surface area contributed by atoms with Crippen LogP contribution in [0.25, 0.3) is 0 Å². The molecule has 1 rings (SSSR count). The molecule has 0 fully saturated rings. The molecule has 1 heterocycles. The molecule has 1 aliphatic heterocycles. The molecule has 0 saturated carbocycles. The van der Waals surface area contributed by atoms with Crippen molar-refractivity contribution in [3.63, 3.8) is 0 Å². The average molecular weight is 173 g/mol. The zero-order chi connectivity index (χ0) is 8.27. The summed E-state index contributed by atoms with van der Waals surface area (Å²) in [5, 5.41) is 8.56. The van der Waals surface area contributed by atoms with Crippen molar-refractivity contribution in [1.82, 2.24) is 0 Å². The summed E-state index contributed by atoms with van der Waals surface area (Å²) in [6.45, 7) is 0. The summed E-state index contributed by atoms with van der Waals surface area (Å²) in [5.74, 6) is 0.964. The molecule has 0 saturated heterocycles. The molecule has 0 aromatic carbocycles. The van der Waals surface area contributed by atoms with Gasteiger partial charge in [0.05, 0.1) is 0 Å². The molecule has 0 bridgehead atoms. The third-order valence-corrected chi connectivity index (χ3v) is 2.56. The van der Waals surface area contributed by atoms with Crippen molar-refractivity contribution in [3.05, 3.63) is 11.6 Å². The van der Waals surface area contributed by atoms with Crippen LogP contribution in [-0.2, 0) is 4.79 Å². The average Bonchev–Trinajstić information content (AvgIpc) is 2.05. The number of hydrogen-bond donors (Lipinski definition) is 2. The lowest BCUT2D eigenvalue weighted by atomic mass is 10.1. The maximum atomic E-state index is 10.4. The van der Waals surface area contributed by atoms with E-state index in [-0.39, 0.29) is 0 Å². The second-order valence-corrected chi connectivity index (χ2v) is 3.57. The molecule has 0 aliphatic carbocycles. The summed E-state index contributed by atoms with van der Waals surface area (Å²) in [6, 6.07) is -0.782. The van der Waals surface area contributed by atoms with Gasteiger partial charge in [-0.25, -0.2) is 0 Å². The number of carboxylic acids is 1. The molecule has 0 aromatic rings. The fourth-order valence-electron chi connectivity index (χ4n) is 0.982. The van der Waals surface area contributed by atoms with Gasteiger partial charge in [-0.1, -0.05) is 6.08 Å². The summed E-state index contributed by atoms with van der Waals surface area (Å²) in [4.78, 5) is 10.4. The topological polar surface area (TPSA) is 63.3 Å². The minimum atomic E-state index is -0.928. The van der Waals surface area contributed by atoms with E-state index in [0.29, 0.717) is 0 Å². The molecular weight excluding hydrogens is 162 g/mol. The van der Waals surface area contributed by atoms with Gasteiger partial charge in [-0.15, -0.1) is 0 Å². The summed E-state index contributed by atoms with van der Waals surface area (Å²) in [6.07, 6.45) is 2.74. The molecule has 3 nitrogen and oxygen atoms in total. The lowest BCUT2D eigenvalue weighted by Gasteiger charge is -2.15. The molecule has 1 aliphatic rings. The third kappa shape index (κ3) is 2.24. The van der Waals surface area contributed by atoms with Crippen LogP contribution in [0.5, 0.6) is 0 Å². The van der Waals surface area contributed by atoms with Gasteiger partial charge in [-0.2, -0.15) is 11.8 Å². The number of hydrogen-bond acceptors (Lipinski definition) is 3. The molecule has 0 spiro atoms. The predicted molar refractivity (Wildman–Crippen MR) is 45.6 cm³/mol. The first-order valence-electron chi connectivity index (χ1n) is 3.47. The van der Waals surface area contributed by atoms with E-state index in [1.54, 1.807) is 11.8 Å². The second kappa shape index (κ2) is 3.78. The SMILES string of the molecule is NC(C(=O)O)C1=CCSCC1. The van der Waals surface area contributed by atoms with Crippen LogP contribution < -0.4 is 5.73 Å². The summed E-state index contributed by atoms with van der Waals surface area (Å²) < 4.78 is 0. The molecule has 0 aromatic heterocycles. The molecule has 0 amide bonds. The van der Waals surface area contributed by atoms with Crippen molar-refractivity contribution in [2.45, 2.75) is 12.5 Å². The summed E-state index contributed by atoms with van der Waals surface area (Å²) in [7, 11) is 0. The molecule has 4 heteroatoms. The van der Waals surface area contributed by atoms with E-state index in [1.807, 2.05) is 6.08 Å². The fourth-order valence-corrected chi connectivity index (χ4v) is 1.86. The minimum absolute atomic E-state index is 0.782. The molecule has 0 radical (unpaired) electrons. The Morgan fingerprint density at radius 1 is 1.82 bits per heavy atom. The molecular formula is C7H11NO2S. The number of rotatable bonds is 2. The maximum Gasteiger partial charge on any atom is 0.324 e. The van der Waals surface area contributed by atoms with E-state index in [1.165, 1.54) is 0 Å². The van der Waals surface area contributed by atoms with Crippen molar-refractivity contribution in [2.24, 2.45) is 5.73 Å². The second-order valence-electron chi connectivity index (χ2n) is 2.42. The third-order valence-electron chi connectivity index (χ3n) is 1.66. The molecule has 1 atom stereocenters. The molecule has 1 unspecified atom stereocenters. The highest BCUT2D eigenvalue weighted by molar-refractivity contribution is 7.99. The van der Waals surface area contributed by atoms with Crippen LogP contribution in [0.2, 0.25) is 0 Å². The largest absolute Gasteiger partial charge is 0.480 e. The fraction of sp³-hybridized carbons (Fsp3) is 0.571. The Morgan fingerprint density at radius 3 is 3.00 bits per heavy atom. The van der Waals surface area contributed by atoms with Gasteiger partial charge in [0.1, 0.15) is 6.04 Å². The van der Waals surface area contributed by atoms with E-state index < -0.39 is 12.0 Å². The van der Waals surface area contributed by atoms with Gasteiger partial charge in [0, 0.05) is 5.75 Å². The standard InChI is InChI=1S/C7H11NO2S/c8-6(7(9)10)5-1-3-11-4-2-5/h1,6H,2-4,8H2,(H,9,10). The van der Waals surface area contributed by atoms with Crippen LogP contribution in [0, 0.1) is 0 Å². The van der Waals surface area contributed by atoms with E-state index >= 15 is 0 Å². The van der Waals surface area contributed by atoms with Crippen molar-refractivity contribution < 1.29 is 9.90 Å². The molecule has 62 valence electrons. The number of nitrogens with two attached hydrogens (primary N) is 1. The smallest absolute Gasteiger partial charge is 0.324 e. The van der Waals surface area contributed by atoms with E-state index in [4.69, 9.17) is 10.8 Å². The summed E-state index contributed by atoms with van der Waals surface area (Å²) in [5.41, 5.74) is 6.29. The van der Waals surface area contributed by atoms with E-state index in [2.05, 4.69) is 0 Å². The van der Waals surface area contributed by atoms with Crippen molar-refractivity contribution >= 4 is 17.7 Å². The van der Waals surface area contributed by atoms with Crippen LogP contribution in [0.1, 0.15) is 6.42 Å². The minimum Gasteiger partial charge on any atom is -0.480 e. The van der Waals surface area contributed by atoms with Gasteiger partial charge in [0.25, 0.3) is 0 Å². The Hall–Kier alpha value is -0.480. The molecule has 11 heavy (non-hydrogen) atoms. The number of carbonyl (C=O) groups is 1. The van der Waals surface area contributed by atoms with Crippen LogP contribution in [0.15, 0.2) is 11.6 Å². The van der Waals surface area contributed by atoms with Crippen LogP contribution in [0.3, 0.4) is 0 Å². The van der Waals surface area contributed by atoms with E-state index in [0.717, 1.165) is 23.5 Å². The van der Waals surface area contributed by atoms with E-state index in [9.17, 15) is 4.79 Å². The Balaban J connectivity index is 2.58. The zero-order valence-electron chi connectivity index (χ0n) is 6.12. The lowest BCUT2D eigenvalue weighted by molar-refractivity contribution is -0.137. The highest BCUT2D eigenvalue weighted by atomic mass is 32.2. The van der Waals surface area contributed by atoms with Gasteiger partial charge in [0.2, 0.25) is 0 Å². The predicted octanol–water partition coefficient (Wildman–Crippen LogP) is 0.462. The van der Waals surface area contributed by atoms with Crippen molar-refractivity contribution in [1.29, 1.82) is 0 Å². The quantitative estimate of drug-likeness (QED) is 0.595. The first-order valence-corrected chi connectivity index (χ1v) is 4.62.